The van der Waals surface area contributed by atoms with E-state index in [-0.39, 0.29) is 11.7 Å². The van der Waals surface area contributed by atoms with Crippen LogP contribution in [0.2, 0.25) is 0 Å². The van der Waals surface area contributed by atoms with Gasteiger partial charge in [-0.2, -0.15) is 0 Å². The summed E-state index contributed by atoms with van der Waals surface area (Å²) in [7, 11) is 3.11. The minimum absolute atomic E-state index is 0.293. The lowest BCUT2D eigenvalue weighted by atomic mass is 10.2. The summed E-state index contributed by atoms with van der Waals surface area (Å²) in [6.45, 7) is 5.55. The highest BCUT2D eigenvalue weighted by Gasteiger charge is 2.25. The molecule has 1 fully saturated rings. The normalized spacial score (nSPS) is 14.7. The van der Waals surface area contributed by atoms with Crippen LogP contribution in [0.25, 0.3) is 11.2 Å². The highest BCUT2D eigenvalue weighted by atomic mass is 79.9. The van der Waals surface area contributed by atoms with Crippen LogP contribution in [0.1, 0.15) is 18.3 Å². The molecular formula is C22H27BrN6O4. The van der Waals surface area contributed by atoms with Gasteiger partial charge in [0.25, 0.3) is 5.56 Å². The van der Waals surface area contributed by atoms with Gasteiger partial charge in [-0.25, -0.2) is 14.6 Å². The number of ether oxygens (including phenoxy) is 1. The Bertz CT molecular complexity index is 1290. The maximum atomic E-state index is 13.1. The molecule has 0 unspecified atom stereocenters. The van der Waals surface area contributed by atoms with Gasteiger partial charge in [-0.1, -0.05) is 28.1 Å². The van der Waals surface area contributed by atoms with Crippen LogP contribution in [0.4, 0.5) is 4.79 Å². The standard InChI is InChI=1S/C22H27BrN6O4/c1-4-33-22(32)28-11-9-27(10-12-28)14-17-24-19-18(20(30)26(3)21(31)25(19)2)29(17)13-15-5-7-16(23)8-6-15/h5-8H,4,9-14H2,1-3H3. The second kappa shape index (κ2) is 9.52. The number of carbonyl (C=O) groups excluding carboxylic acids is 1. The van der Waals surface area contributed by atoms with Crippen molar-refractivity contribution in [2.45, 2.75) is 20.0 Å². The SMILES string of the molecule is CCOC(=O)N1CCN(Cc2nc3c(c(=O)n(C)c(=O)n3C)n2Cc2ccc(Br)cc2)CC1. The molecule has 3 aromatic rings. The second-order valence-corrected chi connectivity index (χ2v) is 9.00. The first-order chi connectivity index (χ1) is 15.8. The maximum absolute atomic E-state index is 13.1. The van der Waals surface area contributed by atoms with Gasteiger partial charge in [0.05, 0.1) is 13.2 Å². The number of benzene rings is 1. The number of hydrogen-bond acceptors (Lipinski definition) is 6. The molecule has 10 nitrogen and oxygen atoms in total. The summed E-state index contributed by atoms with van der Waals surface area (Å²) >= 11 is 3.45. The first-order valence-corrected chi connectivity index (χ1v) is 11.6. The second-order valence-electron chi connectivity index (χ2n) is 8.08. The van der Waals surface area contributed by atoms with E-state index in [0.717, 1.165) is 14.6 Å². The zero-order valence-electron chi connectivity index (χ0n) is 19.0. The molecule has 1 amide bonds. The van der Waals surface area contributed by atoms with Crippen molar-refractivity contribution < 1.29 is 9.53 Å². The third-order valence-electron chi connectivity index (χ3n) is 5.94. The molecule has 1 saturated heterocycles. The number of rotatable bonds is 5. The quantitative estimate of drug-likeness (QED) is 0.508. The summed E-state index contributed by atoms with van der Waals surface area (Å²) in [5, 5.41) is 0. The topological polar surface area (TPSA) is 94.6 Å². The Kier molecular flexibility index (Phi) is 6.71. The predicted octanol–water partition coefficient (Wildman–Crippen LogP) is 1.52. The average molecular weight is 519 g/mol. The van der Waals surface area contributed by atoms with Crippen LogP contribution in [0.15, 0.2) is 38.3 Å². The Hall–Kier alpha value is -2.92. The lowest BCUT2D eigenvalue weighted by Crippen LogP contribution is -2.48. The van der Waals surface area contributed by atoms with Crippen molar-refractivity contribution in [2.75, 3.05) is 32.8 Å². The van der Waals surface area contributed by atoms with Crippen LogP contribution in [-0.4, -0.2) is 67.4 Å². The van der Waals surface area contributed by atoms with Crippen molar-refractivity contribution in [1.82, 2.24) is 28.5 Å². The van der Waals surface area contributed by atoms with E-state index >= 15 is 0 Å². The fourth-order valence-electron chi connectivity index (χ4n) is 4.06. The Morgan fingerprint density at radius 3 is 2.33 bits per heavy atom. The molecule has 2 aromatic heterocycles. The molecule has 1 aromatic carbocycles. The number of hydrogen-bond donors (Lipinski definition) is 0. The van der Waals surface area contributed by atoms with E-state index in [1.54, 1.807) is 18.9 Å². The highest BCUT2D eigenvalue weighted by molar-refractivity contribution is 9.10. The molecule has 0 spiro atoms. The van der Waals surface area contributed by atoms with Crippen LogP contribution in [0.5, 0.6) is 0 Å². The number of piperazine rings is 1. The smallest absolute Gasteiger partial charge is 0.409 e. The first-order valence-electron chi connectivity index (χ1n) is 10.8. The van der Waals surface area contributed by atoms with Gasteiger partial charge in [-0.15, -0.1) is 0 Å². The predicted molar refractivity (Wildman–Crippen MR) is 127 cm³/mol. The number of amides is 1. The van der Waals surface area contributed by atoms with E-state index in [2.05, 4.69) is 20.8 Å². The third-order valence-corrected chi connectivity index (χ3v) is 6.47. The van der Waals surface area contributed by atoms with Gasteiger partial charge in [0.1, 0.15) is 5.82 Å². The molecule has 0 bridgehead atoms. The molecular weight excluding hydrogens is 492 g/mol. The molecule has 1 aliphatic rings. The van der Waals surface area contributed by atoms with Crippen LogP contribution >= 0.6 is 15.9 Å². The van der Waals surface area contributed by atoms with E-state index < -0.39 is 5.69 Å². The van der Waals surface area contributed by atoms with Gasteiger partial charge >= 0.3 is 11.8 Å². The van der Waals surface area contributed by atoms with E-state index in [1.807, 2.05) is 28.8 Å². The number of imidazole rings is 1. The molecule has 11 heteroatoms. The molecule has 0 atom stereocenters. The fourth-order valence-corrected chi connectivity index (χ4v) is 4.32. The van der Waals surface area contributed by atoms with Gasteiger partial charge in [0.2, 0.25) is 0 Å². The summed E-state index contributed by atoms with van der Waals surface area (Å²) in [6.07, 6.45) is -0.293. The van der Waals surface area contributed by atoms with Gasteiger partial charge < -0.3 is 14.2 Å². The zero-order chi connectivity index (χ0) is 23.7. The minimum Gasteiger partial charge on any atom is -0.450 e. The number of aromatic nitrogens is 4. The molecule has 4 rings (SSSR count). The van der Waals surface area contributed by atoms with Crippen molar-refractivity contribution in [3.8, 4) is 0 Å². The fraction of sp³-hybridized carbons (Fsp3) is 0.455. The van der Waals surface area contributed by atoms with Crippen molar-refractivity contribution in [1.29, 1.82) is 0 Å². The number of fused-ring (bicyclic) bond motifs is 1. The van der Waals surface area contributed by atoms with E-state index in [1.165, 1.54) is 11.6 Å². The average Bonchev–Trinajstić information content (AvgIpc) is 3.16. The summed E-state index contributed by atoms with van der Waals surface area (Å²) in [5.74, 6) is 0.704. The Morgan fingerprint density at radius 2 is 1.70 bits per heavy atom. The summed E-state index contributed by atoms with van der Waals surface area (Å²) < 4.78 is 10.5. The van der Waals surface area contributed by atoms with E-state index in [0.29, 0.717) is 62.9 Å². The van der Waals surface area contributed by atoms with E-state index in [4.69, 9.17) is 9.72 Å². The number of nitrogens with zero attached hydrogens (tertiary/aromatic N) is 6. The van der Waals surface area contributed by atoms with Gasteiger partial charge in [-0.05, 0) is 24.6 Å². The highest BCUT2D eigenvalue weighted by Crippen LogP contribution is 2.18. The van der Waals surface area contributed by atoms with Crippen molar-refractivity contribution in [3.63, 3.8) is 0 Å². The largest absolute Gasteiger partial charge is 0.450 e. The molecule has 0 aliphatic carbocycles. The van der Waals surface area contributed by atoms with Crippen LogP contribution in [0.3, 0.4) is 0 Å². The lowest BCUT2D eigenvalue weighted by Gasteiger charge is -2.33. The monoisotopic (exact) mass is 518 g/mol. The van der Waals surface area contributed by atoms with Gasteiger partial charge in [0.15, 0.2) is 11.2 Å². The first kappa shape index (κ1) is 23.2. The van der Waals surface area contributed by atoms with E-state index in [9.17, 15) is 14.4 Å². The number of halogens is 1. The van der Waals surface area contributed by atoms with Crippen LogP contribution in [-0.2, 0) is 31.9 Å². The van der Waals surface area contributed by atoms with Crippen LogP contribution in [0, 0.1) is 0 Å². The molecule has 0 saturated carbocycles. The molecule has 0 radical (unpaired) electrons. The summed E-state index contributed by atoms with van der Waals surface area (Å²) in [6, 6.07) is 7.89. The summed E-state index contributed by atoms with van der Waals surface area (Å²) in [4.78, 5) is 46.1. The minimum atomic E-state index is -0.407. The maximum Gasteiger partial charge on any atom is 0.409 e. The lowest BCUT2D eigenvalue weighted by molar-refractivity contribution is 0.0769. The molecule has 33 heavy (non-hydrogen) atoms. The third kappa shape index (κ3) is 4.60. The summed E-state index contributed by atoms with van der Waals surface area (Å²) in [5.41, 5.74) is 1.02. The number of aryl methyl sites for hydroxylation is 1. The molecule has 176 valence electrons. The van der Waals surface area contributed by atoms with Gasteiger partial charge in [0, 0.05) is 51.3 Å². The van der Waals surface area contributed by atoms with Crippen LogP contribution < -0.4 is 11.2 Å². The van der Waals surface area contributed by atoms with Crippen molar-refractivity contribution >= 4 is 33.2 Å². The molecule has 0 N–H and O–H groups in total. The van der Waals surface area contributed by atoms with Crippen molar-refractivity contribution in [2.24, 2.45) is 14.1 Å². The van der Waals surface area contributed by atoms with Crippen molar-refractivity contribution in [3.05, 3.63) is 61.0 Å². The number of carbonyl (C=O) groups is 1. The zero-order valence-corrected chi connectivity index (χ0v) is 20.5. The molecule has 1 aliphatic heterocycles. The van der Waals surface area contributed by atoms with Gasteiger partial charge in [-0.3, -0.25) is 18.8 Å². The Balaban J connectivity index is 1.69. The molecule has 3 heterocycles. The Labute approximate surface area is 199 Å². The Morgan fingerprint density at radius 1 is 1.03 bits per heavy atom.